The van der Waals surface area contributed by atoms with Crippen LogP contribution in [0.4, 0.5) is 0 Å². The van der Waals surface area contributed by atoms with Crippen LogP contribution in [0, 0.1) is 0 Å². The zero-order valence-electron chi connectivity index (χ0n) is 10.1. The highest BCUT2D eigenvalue weighted by Crippen LogP contribution is 2.26. The van der Waals surface area contributed by atoms with Gasteiger partial charge in [-0.3, -0.25) is 4.79 Å². The Balaban J connectivity index is 0.00000133. The summed E-state index contributed by atoms with van der Waals surface area (Å²) in [4.78, 5) is 19.2. The first kappa shape index (κ1) is 13.5. The van der Waals surface area contributed by atoms with Gasteiger partial charge in [0.25, 0.3) is 5.91 Å². The number of aromatic amines is 1. The van der Waals surface area contributed by atoms with Crippen LogP contribution in [0.2, 0.25) is 0 Å². The summed E-state index contributed by atoms with van der Waals surface area (Å²) in [5.74, 6) is 0.989. The molecule has 1 saturated heterocycles. The van der Waals surface area contributed by atoms with E-state index in [9.17, 15) is 4.79 Å². The van der Waals surface area contributed by atoms with Gasteiger partial charge in [0.15, 0.2) is 0 Å². The minimum Gasteiger partial charge on any atom is -0.366 e. The Morgan fingerprint density at radius 1 is 1.32 bits per heavy atom. The number of benzene rings is 1. The fraction of sp³-hybridized carbons (Fsp3) is 0.429. The quantitative estimate of drug-likeness (QED) is 0.769. The maximum atomic E-state index is 11.4. The highest BCUT2D eigenvalue weighted by Gasteiger charge is 2.20. The summed E-state index contributed by atoms with van der Waals surface area (Å²) in [5.41, 5.74) is 7.44. The van der Waals surface area contributed by atoms with Crippen molar-refractivity contribution in [2.75, 3.05) is 13.1 Å². The monoisotopic (exact) mass is 260 g/mol. The number of hydrogen-bond donors (Lipinski definition) is 3. The molecule has 1 fully saturated rings. The molecule has 102 valence electrons. The number of rotatable bonds is 2. The van der Waals surface area contributed by atoms with E-state index in [2.05, 4.69) is 15.3 Å². The summed E-state index contributed by atoms with van der Waals surface area (Å²) in [6.07, 6.45) is 2.15. The second-order valence-electron chi connectivity index (χ2n) is 4.71. The largest absolute Gasteiger partial charge is 0.366 e. The lowest BCUT2D eigenvalue weighted by atomic mass is 9.98. The van der Waals surface area contributed by atoms with Crippen LogP contribution in [0.3, 0.4) is 0 Å². The van der Waals surface area contributed by atoms with E-state index in [1.54, 1.807) is 6.07 Å². The van der Waals surface area contributed by atoms with Crippen LogP contribution in [0.5, 0.6) is 0 Å². The molecular formula is C14H20N4O. The average molecular weight is 260 g/mol. The number of H-pyrrole nitrogens is 1. The Morgan fingerprint density at radius 2 is 2.05 bits per heavy atom. The molecule has 4 N–H and O–H groups in total. The van der Waals surface area contributed by atoms with Gasteiger partial charge in [-0.1, -0.05) is 13.5 Å². The summed E-state index contributed by atoms with van der Waals surface area (Å²) in [6.45, 7) is 2.04. The number of nitrogens with zero attached hydrogens (tertiary/aromatic N) is 1. The third kappa shape index (κ3) is 2.46. The van der Waals surface area contributed by atoms with E-state index in [0.717, 1.165) is 37.3 Å². The van der Waals surface area contributed by atoms with Crippen LogP contribution in [-0.2, 0) is 0 Å². The van der Waals surface area contributed by atoms with E-state index >= 15 is 0 Å². The molecule has 19 heavy (non-hydrogen) atoms. The van der Waals surface area contributed by atoms with Gasteiger partial charge in [0.05, 0.1) is 11.1 Å². The van der Waals surface area contributed by atoms with E-state index < -0.39 is 5.91 Å². The molecule has 1 aromatic heterocycles. The van der Waals surface area contributed by atoms with Crippen LogP contribution in [0.15, 0.2) is 18.2 Å². The predicted octanol–water partition coefficient (Wildman–Crippen LogP) is 1.76. The number of carbonyl (C=O) groups excluding carboxylic acids is 1. The first-order chi connectivity index (χ1) is 8.75. The molecule has 0 unspecified atom stereocenters. The standard InChI is InChI=1S/C13H16N4O.CH4/c14-12(18)9-2-1-3-10-11(9)17-13(16-10)8-4-6-15-7-5-8;/h1-3,8,15H,4-7H2,(H2,14,18)(H,16,17);1H4. The molecule has 0 saturated carbocycles. The molecule has 2 aromatic rings. The second kappa shape index (κ2) is 5.40. The Morgan fingerprint density at radius 3 is 2.74 bits per heavy atom. The minimum absolute atomic E-state index is 0. The van der Waals surface area contributed by atoms with Crippen LogP contribution < -0.4 is 11.1 Å². The van der Waals surface area contributed by atoms with Crippen LogP contribution in [0.25, 0.3) is 11.0 Å². The highest BCUT2D eigenvalue weighted by atomic mass is 16.1. The van der Waals surface area contributed by atoms with Crippen molar-refractivity contribution in [3.05, 3.63) is 29.6 Å². The summed E-state index contributed by atoms with van der Waals surface area (Å²) in [6, 6.07) is 5.48. The third-order valence-corrected chi connectivity index (χ3v) is 3.52. The van der Waals surface area contributed by atoms with Gasteiger partial charge in [0.2, 0.25) is 0 Å². The fourth-order valence-corrected chi connectivity index (χ4v) is 2.54. The zero-order chi connectivity index (χ0) is 12.5. The molecule has 2 heterocycles. The number of nitrogens with one attached hydrogen (secondary N) is 2. The van der Waals surface area contributed by atoms with Crippen molar-refractivity contribution in [3.63, 3.8) is 0 Å². The molecule has 0 radical (unpaired) electrons. The Bertz CT molecular complexity index is 584. The van der Waals surface area contributed by atoms with E-state index in [1.807, 2.05) is 12.1 Å². The number of carbonyl (C=O) groups is 1. The summed E-state index contributed by atoms with van der Waals surface area (Å²) in [5, 5.41) is 3.33. The van der Waals surface area contributed by atoms with Crippen molar-refractivity contribution >= 4 is 16.9 Å². The molecule has 5 nitrogen and oxygen atoms in total. The number of fused-ring (bicyclic) bond motifs is 1. The van der Waals surface area contributed by atoms with Crippen molar-refractivity contribution < 1.29 is 4.79 Å². The number of primary amides is 1. The summed E-state index contributed by atoms with van der Waals surface area (Å²) in [7, 11) is 0. The lowest BCUT2D eigenvalue weighted by Crippen LogP contribution is -2.27. The van der Waals surface area contributed by atoms with E-state index in [1.165, 1.54) is 0 Å². The van der Waals surface area contributed by atoms with Crippen LogP contribution in [0.1, 0.15) is 42.4 Å². The lowest BCUT2D eigenvalue weighted by molar-refractivity contribution is 0.100. The molecular weight excluding hydrogens is 240 g/mol. The molecule has 0 bridgehead atoms. The maximum absolute atomic E-state index is 11.4. The van der Waals surface area contributed by atoms with Crippen molar-refractivity contribution in [2.24, 2.45) is 5.73 Å². The first-order valence-electron chi connectivity index (χ1n) is 6.25. The van der Waals surface area contributed by atoms with Gasteiger partial charge in [0, 0.05) is 5.92 Å². The highest BCUT2D eigenvalue weighted by molar-refractivity contribution is 6.04. The van der Waals surface area contributed by atoms with Gasteiger partial charge >= 0.3 is 0 Å². The second-order valence-corrected chi connectivity index (χ2v) is 4.71. The Kier molecular flexibility index (Phi) is 3.85. The zero-order valence-corrected chi connectivity index (χ0v) is 10.1. The molecule has 1 amide bonds. The van der Waals surface area contributed by atoms with Gasteiger partial charge in [-0.05, 0) is 38.1 Å². The topological polar surface area (TPSA) is 83.8 Å². The van der Waals surface area contributed by atoms with Crippen molar-refractivity contribution in [1.29, 1.82) is 0 Å². The van der Waals surface area contributed by atoms with E-state index in [4.69, 9.17) is 5.73 Å². The average Bonchev–Trinajstić information content (AvgIpc) is 2.83. The van der Waals surface area contributed by atoms with Gasteiger partial charge in [-0.25, -0.2) is 4.98 Å². The molecule has 0 aliphatic carbocycles. The number of para-hydroxylation sites is 1. The normalized spacial score (nSPS) is 16.2. The van der Waals surface area contributed by atoms with Crippen molar-refractivity contribution in [3.8, 4) is 0 Å². The third-order valence-electron chi connectivity index (χ3n) is 3.52. The van der Waals surface area contributed by atoms with Crippen molar-refractivity contribution in [1.82, 2.24) is 15.3 Å². The summed E-state index contributed by atoms with van der Waals surface area (Å²) >= 11 is 0. The molecule has 1 aliphatic heterocycles. The van der Waals surface area contributed by atoms with E-state index in [-0.39, 0.29) is 7.43 Å². The molecule has 1 aliphatic rings. The SMILES string of the molecule is C.NC(=O)c1cccc2[nH]c(C3CCNCC3)nc12. The van der Waals surface area contributed by atoms with Crippen LogP contribution >= 0.6 is 0 Å². The minimum atomic E-state index is -0.427. The molecule has 0 atom stereocenters. The fourth-order valence-electron chi connectivity index (χ4n) is 2.54. The van der Waals surface area contributed by atoms with Crippen molar-refractivity contribution in [2.45, 2.75) is 26.2 Å². The number of amides is 1. The maximum Gasteiger partial charge on any atom is 0.250 e. The van der Waals surface area contributed by atoms with E-state index in [0.29, 0.717) is 17.0 Å². The van der Waals surface area contributed by atoms with Gasteiger partial charge in [0.1, 0.15) is 11.3 Å². The first-order valence-corrected chi connectivity index (χ1v) is 6.25. The lowest BCUT2D eigenvalue weighted by Gasteiger charge is -2.20. The number of aromatic nitrogens is 2. The number of nitrogens with two attached hydrogens (primary N) is 1. The van der Waals surface area contributed by atoms with Gasteiger partial charge in [-0.15, -0.1) is 0 Å². The smallest absolute Gasteiger partial charge is 0.250 e. The number of piperidine rings is 1. The molecule has 5 heteroatoms. The molecule has 3 rings (SSSR count). The number of hydrogen-bond acceptors (Lipinski definition) is 3. The summed E-state index contributed by atoms with van der Waals surface area (Å²) < 4.78 is 0. The van der Waals surface area contributed by atoms with Crippen LogP contribution in [-0.4, -0.2) is 29.0 Å². The van der Waals surface area contributed by atoms with Gasteiger partial charge in [-0.2, -0.15) is 0 Å². The Labute approximate surface area is 112 Å². The Hall–Kier alpha value is -1.88. The van der Waals surface area contributed by atoms with Gasteiger partial charge < -0.3 is 16.0 Å². The molecule has 1 aromatic carbocycles. The predicted molar refractivity (Wildman–Crippen MR) is 76.2 cm³/mol. The molecule has 0 spiro atoms. The number of imidazole rings is 1.